The standard InChI is InChI=1S/C22H19NO2/c1-24-19-13-12-16(14-20(19)25-2)22-21(15-8-4-3-5-9-15)17-10-6-7-11-18(17)23-22/h3-14,23H,1-2H3. The van der Waals surface area contributed by atoms with Crippen molar-refractivity contribution in [3.63, 3.8) is 0 Å². The summed E-state index contributed by atoms with van der Waals surface area (Å²) in [5, 5.41) is 1.21. The van der Waals surface area contributed by atoms with Crippen molar-refractivity contribution in [2.75, 3.05) is 14.2 Å². The molecule has 0 bridgehead atoms. The van der Waals surface area contributed by atoms with E-state index in [-0.39, 0.29) is 0 Å². The molecule has 0 atom stereocenters. The van der Waals surface area contributed by atoms with Crippen molar-refractivity contribution in [3.8, 4) is 33.9 Å². The second-order valence-corrected chi connectivity index (χ2v) is 5.86. The monoisotopic (exact) mass is 329 g/mol. The summed E-state index contributed by atoms with van der Waals surface area (Å²) < 4.78 is 10.8. The normalized spacial score (nSPS) is 10.8. The van der Waals surface area contributed by atoms with Gasteiger partial charge in [-0.1, -0.05) is 48.5 Å². The number of aromatic nitrogens is 1. The predicted molar refractivity (Wildman–Crippen MR) is 102 cm³/mol. The van der Waals surface area contributed by atoms with Gasteiger partial charge in [0.25, 0.3) is 0 Å². The van der Waals surface area contributed by atoms with Gasteiger partial charge in [-0.2, -0.15) is 0 Å². The molecule has 0 fully saturated rings. The fourth-order valence-corrected chi connectivity index (χ4v) is 3.25. The summed E-state index contributed by atoms with van der Waals surface area (Å²) in [6, 6.07) is 24.8. The van der Waals surface area contributed by atoms with Crippen LogP contribution < -0.4 is 9.47 Å². The first-order valence-electron chi connectivity index (χ1n) is 8.20. The number of fused-ring (bicyclic) bond motifs is 1. The fraction of sp³-hybridized carbons (Fsp3) is 0.0909. The molecule has 1 aromatic heterocycles. The number of nitrogens with one attached hydrogen (secondary N) is 1. The van der Waals surface area contributed by atoms with Crippen LogP contribution in [0.15, 0.2) is 72.8 Å². The van der Waals surface area contributed by atoms with Crippen molar-refractivity contribution in [3.05, 3.63) is 72.8 Å². The van der Waals surface area contributed by atoms with E-state index in [1.165, 1.54) is 16.5 Å². The van der Waals surface area contributed by atoms with E-state index in [0.29, 0.717) is 0 Å². The maximum absolute atomic E-state index is 5.48. The molecular weight excluding hydrogens is 310 g/mol. The van der Waals surface area contributed by atoms with Gasteiger partial charge in [0.2, 0.25) is 0 Å². The van der Waals surface area contributed by atoms with Gasteiger partial charge in [-0.05, 0) is 29.8 Å². The van der Waals surface area contributed by atoms with E-state index >= 15 is 0 Å². The van der Waals surface area contributed by atoms with Crippen LogP contribution in [0, 0.1) is 0 Å². The van der Waals surface area contributed by atoms with Gasteiger partial charge in [-0.15, -0.1) is 0 Å². The number of H-pyrrole nitrogens is 1. The summed E-state index contributed by atoms with van der Waals surface area (Å²) in [6.07, 6.45) is 0. The first kappa shape index (κ1) is 15.3. The third-order valence-electron chi connectivity index (χ3n) is 4.44. The number of hydrogen-bond acceptors (Lipinski definition) is 2. The first-order valence-corrected chi connectivity index (χ1v) is 8.20. The van der Waals surface area contributed by atoms with Crippen molar-refractivity contribution < 1.29 is 9.47 Å². The zero-order valence-corrected chi connectivity index (χ0v) is 14.2. The molecule has 0 spiro atoms. The molecule has 0 radical (unpaired) electrons. The Morgan fingerprint density at radius 3 is 2.16 bits per heavy atom. The van der Waals surface area contributed by atoms with Gasteiger partial charge < -0.3 is 14.5 Å². The third kappa shape index (κ3) is 2.64. The Hall–Kier alpha value is -3.20. The van der Waals surface area contributed by atoms with E-state index in [9.17, 15) is 0 Å². The lowest BCUT2D eigenvalue weighted by Gasteiger charge is -2.10. The van der Waals surface area contributed by atoms with E-state index < -0.39 is 0 Å². The van der Waals surface area contributed by atoms with Crippen LogP contribution in [0.5, 0.6) is 11.5 Å². The van der Waals surface area contributed by atoms with E-state index in [2.05, 4.69) is 53.5 Å². The highest BCUT2D eigenvalue weighted by Crippen LogP contribution is 2.40. The average Bonchev–Trinajstić information content (AvgIpc) is 3.07. The Morgan fingerprint density at radius 1 is 0.680 bits per heavy atom. The Labute approximate surface area is 146 Å². The molecule has 0 aliphatic rings. The minimum absolute atomic E-state index is 0.720. The zero-order valence-electron chi connectivity index (χ0n) is 14.2. The van der Waals surface area contributed by atoms with Crippen LogP contribution in [0.4, 0.5) is 0 Å². The minimum atomic E-state index is 0.720. The molecule has 3 heteroatoms. The van der Waals surface area contributed by atoms with Crippen LogP contribution in [0.2, 0.25) is 0 Å². The smallest absolute Gasteiger partial charge is 0.161 e. The number of ether oxygens (including phenoxy) is 2. The van der Waals surface area contributed by atoms with Gasteiger partial charge in [-0.25, -0.2) is 0 Å². The molecule has 1 heterocycles. The molecule has 0 aliphatic carbocycles. The van der Waals surface area contributed by atoms with Crippen LogP contribution in [0.25, 0.3) is 33.3 Å². The van der Waals surface area contributed by atoms with Gasteiger partial charge in [0.15, 0.2) is 11.5 Å². The van der Waals surface area contributed by atoms with Crippen molar-refractivity contribution in [2.45, 2.75) is 0 Å². The summed E-state index contributed by atoms with van der Waals surface area (Å²) in [7, 11) is 3.31. The van der Waals surface area contributed by atoms with Gasteiger partial charge in [-0.3, -0.25) is 0 Å². The van der Waals surface area contributed by atoms with E-state index in [1.54, 1.807) is 14.2 Å². The lowest BCUT2D eigenvalue weighted by molar-refractivity contribution is 0.355. The van der Waals surface area contributed by atoms with Crippen LogP contribution in [0.3, 0.4) is 0 Å². The molecule has 124 valence electrons. The van der Waals surface area contributed by atoms with Crippen LogP contribution >= 0.6 is 0 Å². The highest BCUT2D eigenvalue weighted by molar-refractivity contribution is 6.03. The Balaban J connectivity index is 1.99. The van der Waals surface area contributed by atoms with Crippen LogP contribution in [0.1, 0.15) is 0 Å². The maximum atomic E-state index is 5.48. The highest BCUT2D eigenvalue weighted by atomic mass is 16.5. The van der Waals surface area contributed by atoms with Crippen molar-refractivity contribution in [2.24, 2.45) is 0 Å². The molecule has 3 nitrogen and oxygen atoms in total. The molecule has 0 amide bonds. The molecule has 0 aliphatic heterocycles. The summed E-state index contributed by atoms with van der Waals surface area (Å²) in [4.78, 5) is 3.57. The topological polar surface area (TPSA) is 34.2 Å². The lowest BCUT2D eigenvalue weighted by atomic mass is 9.98. The largest absolute Gasteiger partial charge is 0.493 e. The third-order valence-corrected chi connectivity index (χ3v) is 4.44. The van der Waals surface area contributed by atoms with Gasteiger partial charge >= 0.3 is 0 Å². The number of hydrogen-bond donors (Lipinski definition) is 1. The maximum Gasteiger partial charge on any atom is 0.161 e. The molecule has 25 heavy (non-hydrogen) atoms. The molecular formula is C22H19NO2. The SMILES string of the molecule is COc1ccc(-c2[nH]c3ccccc3c2-c2ccccc2)cc1OC. The van der Waals surface area contributed by atoms with E-state index in [4.69, 9.17) is 9.47 Å². The van der Waals surface area contributed by atoms with Gasteiger partial charge in [0.1, 0.15) is 0 Å². The van der Waals surface area contributed by atoms with Gasteiger partial charge in [0, 0.05) is 22.0 Å². The first-order chi connectivity index (χ1) is 12.3. The Morgan fingerprint density at radius 2 is 1.40 bits per heavy atom. The molecule has 4 rings (SSSR count). The number of para-hydroxylation sites is 1. The quantitative estimate of drug-likeness (QED) is 0.535. The minimum Gasteiger partial charge on any atom is -0.493 e. The summed E-state index contributed by atoms with van der Waals surface area (Å²) in [6.45, 7) is 0. The number of methoxy groups -OCH3 is 2. The summed E-state index contributed by atoms with van der Waals surface area (Å²) in [5.41, 5.74) is 5.64. The van der Waals surface area contributed by atoms with Crippen molar-refractivity contribution in [1.29, 1.82) is 0 Å². The van der Waals surface area contributed by atoms with Crippen LogP contribution in [-0.2, 0) is 0 Å². The predicted octanol–water partition coefficient (Wildman–Crippen LogP) is 5.52. The molecule has 0 unspecified atom stereocenters. The second kappa shape index (κ2) is 6.36. The molecule has 3 aromatic carbocycles. The second-order valence-electron chi connectivity index (χ2n) is 5.86. The molecule has 0 saturated carbocycles. The van der Waals surface area contributed by atoms with E-state index in [1.807, 2.05) is 24.3 Å². The lowest BCUT2D eigenvalue weighted by Crippen LogP contribution is -1.91. The van der Waals surface area contributed by atoms with E-state index in [0.717, 1.165) is 28.3 Å². The van der Waals surface area contributed by atoms with Crippen molar-refractivity contribution >= 4 is 10.9 Å². The molecule has 1 N–H and O–H groups in total. The molecule has 4 aromatic rings. The molecule has 0 saturated heterocycles. The van der Waals surface area contributed by atoms with Crippen LogP contribution in [-0.4, -0.2) is 19.2 Å². The fourth-order valence-electron chi connectivity index (χ4n) is 3.25. The zero-order chi connectivity index (χ0) is 17.2. The average molecular weight is 329 g/mol. The number of aromatic amines is 1. The highest BCUT2D eigenvalue weighted by Gasteiger charge is 2.16. The summed E-state index contributed by atoms with van der Waals surface area (Å²) >= 11 is 0. The number of rotatable bonds is 4. The van der Waals surface area contributed by atoms with Gasteiger partial charge in [0.05, 0.1) is 19.9 Å². The Bertz CT molecular complexity index is 1020. The summed E-state index contributed by atoms with van der Waals surface area (Å²) in [5.74, 6) is 1.45. The van der Waals surface area contributed by atoms with Crippen molar-refractivity contribution in [1.82, 2.24) is 4.98 Å². The Kier molecular flexibility index (Phi) is 3.90. The number of benzene rings is 3.